The van der Waals surface area contributed by atoms with Gasteiger partial charge in [0, 0.05) is 26.7 Å². The standard InChI is InChI=1S/C18H26N2O3.C2HF3O2/c1-22-10-8-19-18(21)16-11-15-7-9-20(13-17(15)23-16)12-14-5-3-2-4-6-14;3-2(4,5)1(6)7/h2-6,15-17H,7-13H2,1H3,(H,19,21);(H,6,7)/t15-,16+,17+;/m0./s1. The molecule has 0 bridgehead atoms. The van der Waals surface area contributed by atoms with E-state index in [-0.39, 0.29) is 18.1 Å². The first-order valence-electron chi connectivity index (χ1n) is 9.69. The Bertz CT molecular complexity index is 687. The Morgan fingerprint density at radius 3 is 2.57 bits per heavy atom. The van der Waals surface area contributed by atoms with E-state index < -0.39 is 12.1 Å². The number of nitrogens with zero attached hydrogens (tertiary/aromatic N) is 1. The molecular weight excluding hydrogens is 405 g/mol. The number of carboxylic acids is 1. The van der Waals surface area contributed by atoms with Crippen molar-refractivity contribution in [2.75, 3.05) is 33.4 Å². The zero-order valence-corrected chi connectivity index (χ0v) is 16.7. The quantitative estimate of drug-likeness (QED) is 0.670. The van der Waals surface area contributed by atoms with E-state index >= 15 is 0 Å². The Labute approximate surface area is 173 Å². The van der Waals surface area contributed by atoms with E-state index in [2.05, 4.69) is 34.5 Å². The maximum atomic E-state index is 12.1. The van der Waals surface area contributed by atoms with Crippen molar-refractivity contribution in [1.82, 2.24) is 10.2 Å². The van der Waals surface area contributed by atoms with Crippen molar-refractivity contribution in [3.05, 3.63) is 35.9 Å². The number of ether oxygens (including phenoxy) is 2. The molecule has 2 fully saturated rings. The Morgan fingerprint density at radius 2 is 1.97 bits per heavy atom. The topological polar surface area (TPSA) is 88.1 Å². The van der Waals surface area contributed by atoms with E-state index in [0.717, 1.165) is 32.5 Å². The smallest absolute Gasteiger partial charge is 0.475 e. The summed E-state index contributed by atoms with van der Waals surface area (Å²) in [6.45, 7) is 4.04. The summed E-state index contributed by atoms with van der Waals surface area (Å²) in [4.78, 5) is 23.5. The summed E-state index contributed by atoms with van der Waals surface area (Å²) in [7, 11) is 1.63. The lowest BCUT2D eigenvalue weighted by Crippen LogP contribution is -2.42. The van der Waals surface area contributed by atoms with Crippen LogP contribution in [0.1, 0.15) is 18.4 Å². The summed E-state index contributed by atoms with van der Waals surface area (Å²) < 4.78 is 42.7. The van der Waals surface area contributed by atoms with Crippen LogP contribution >= 0.6 is 0 Å². The van der Waals surface area contributed by atoms with Crippen molar-refractivity contribution >= 4 is 11.9 Å². The maximum Gasteiger partial charge on any atom is 0.490 e. The minimum Gasteiger partial charge on any atom is -0.475 e. The number of hydrogen-bond donors (Lipinski definition) is 2. The van der Waals surface area contributed by atoms with Crippen molar-refractivity contribution in [2.24, 2.45) is 5.92 Å². The molecule has 168 valence electrons. The highest BCUT2D eigenvalue weighted by atomic mass is 19.4. The van der Waals surface area contributed by atoms with Gasteiger partial charge in [-0.15, -0.1) is 0 Å². The van der Waals surface area contributed by atoms with Gasteiger partial charge in [0.15, 0.2) is 0 Å². The third-order valence-corrected chi connectivity index (χ3v) is 5.03. The third kappa shape index (κ3) is 7.58. The van der Waals surface area contributed by atoms with Crippen molar-refractivity contribution in [3.63, 3.8) is 0 Å². The second-order valence-electron chi connectivity index (χ2n) is 7.26. The fourth-order valence-corrected chi connectivity index (χ4v) is 3.54. The number of alkyl halides is 3. The number of fused-ring (bicyclic) bond motifs is 1. The number of rotatable bonds is 6. The molecule has 1 amide bonds. The molecule has 1 aromatic carbocycles. The lowest BCUT2D eigenvalue weighted by atomic mass is 9.91. The predicted molar refractivity (Wildman–Crippen MR) is 102 cm³/mol. The summed E-state index contributed by atoms with van der Waals surface area (Å²) in [6.07, 6.45) is -3.23. The summed E-state index contributed by atoms with van der Waals surface area (Å²) in [6, 6.07) is 10.5. The van der Waals surface area contributed by atoms with Gasteiger partial charge in [-0.2, -0.15) is 13.2 Å². The van der Waals surface area contributed by atoms with Crippen LogP contribution in [0.3, 0.4) is 0 Å². The fraction of sp³-hybridized carbons (Fsp3) is 0.600. The first-order chi connectivity index (χ1) is 14.2. The Kier molecular flexibility index (Phi) is 9.07. The molecule has 2 saturated heterocycles. The van der Waals surface area contributed by atoms with Gasteiger partial charge >= 0.3 is 12.1 Å². The van der Waals surface area contributed by atoms with E-state index in [9.17, 15) is 18.0 Å². The van der Waals surface area contributed by atoms with E-state index in [1.54, 1.807) is 7.11 Å². The summed E-state index contributed by atoms with van der Waals surface area (Å²) in [5.41, 5.74) is 1.33. The third-order valence-electron chi connectivity index (χ3n) is 5.03. The highest BCUT2D eigenvalue weighted by molar-refractivity contribution is 5.81. The van der Waals surface area contributed by atoms with Gasteiger partial charge in [-0.1, -0.05) is 30.3 Å². The molecule has 2 aliphatic rings. The number of hydrogen-bond acceptors (Lipinski definition) is 5. The molecule has 0 spiro atoms. The molecule has 3 rings (SSSR count). The lowest BCUT2D eigenvalue weighted by molar-refractivity contribution is -0.192. The van der Waals surface area contributed by atoms with Crippen molar-refractivity contribution in [1.29, 1.82) is 0 Å². The normalized spacial score (nSPS) is 23.8. The summed E-state index contributed by atoms with van der Waals surface area (Å²) in [5, 5.41) is 10.0. The number of carboxylic acid groups (broad SMARTS) is 1. The molecule has 2 heterocycles. The van der Waals surface area contributed by atoms with Crippen LogP contribution in [0.15, 0.2) is 30.3 Å². The van der Waals surface area contributed by atoms with Crippen molar-refractivity contribution < 1.29 is 37.3 Å². The second kappa shape index (κ2) is 11.3. The van der Waals surface area contributed by atoms with Crippen molar-refractivity contribution in [3.8, 4) is 0 Å². The molecule has 0 aromatic heterocycles. The Balaban J connectivity index is 0.000000396. The minimum absolute atomic E-state index is 0.00561. The number of aliphatic carboxylic acids is 1. The van der Waals surface area contributed by atoms with Crippen LogP contribution in [0.4, 0.5) is 13.2 Å². The second-order valence-corrected chi connectivity index (χ2v) is 7.26. The molecule has 0 saturated carbocycles. The van der Waals surface area contributed by atoms with Gasteiger partial charge < -0.3 is 19.9 Å². The van der Waals surface area contributed by atoms with Crippen LogP contribution in [-0.2, 0) is 25.6 Å². The number of benzene rings is 1. The molecule has 0 unspecified atom stereocenters. The number of halogens is 3. The number of likely N-dealkylation sites (tertiary alicyclic amines) is 1. The lowest BCUT2D eigenvalue weighted by Gasteiger charge is -2.34. The van der Waals surface area contributed by atoms with E-state index in [1.807, 2.05) is 6.07 Å². The zero-order chi connectivity index (χ0) is 22.1. The largest absolute Gasteiger partial charge is 0.490 e. The fourth-order valence-electron chi connectivity index (χ4n) is 3.54. The predicted octanol–water partition coefficient (Wildman–Crippen LogP) is 2.06. The molecular formula is C20H27F3N2O5. The Hall–Kier alpha value is -2.17. The molecule has 0 radical (unpaired) electrons. The monoisotopic (exact) mass is 432 g/mol. The van der Waals surface area contributed by atoms with Crippen LogP contribution in [0, 0.1) is 5.92 Å². The van der Waals surface area contributed by atoms with Gasteiger partial charge in [-0.05, 0) is 30.9 Å². The van der Waals surface area contributed by atoms with Gasteiger partial charge in [-0.3, -0.25) is 9.69 Å². The van der Waals surface area contributed by atoms with Gasteiger partial charge in [0.25, 0.3) is 0 Å². The zero-order valence-electron chi connectivity index (χ0n) is 16.7. The van der Waals surface area contributed by atoms with Gasteiger partial charge in [0.1, 0.15) is 6.10 Å². The molecule has 30 heavy (non-hydrogen) atoms. The van der Waals surface area contributed by atoms with E-state index in [0.29, 0.717) is 19.1 Å². The first-order valence-corrected chi connectivity index (χ1v) is 9.69. The van der Waals surface area contributed by atoms with Crippen LogP contribution in [0.2, 0.25) is 0 Å². The van der Waals surface area contributed by atoms with Gasteiger partial charge in [0.2, 0.25) is 5.91 Å². The summed E-state index contributed by atoms with van der Waals surface area (Å²) >= 11 is 0. The van der Waals surface area contributed by atoms with Crippen LogP contribution in [0.25, 0.3) is 0 Å². The van der Waals surface area contributed by atoms with Crippen molar-refractivity contribution in [2.45, 2.75) is 37.8 Å². The summed E-state index contributed by atoms with van der Waals surface area (Å²) in [5.74, 6) is -2.24. The maximum absolute atomic E-state index is 12.1. The SMILES string of the molecule is COCCNC(=O)[C@H]1C[C@@H]2CCN(Cc3ccccc3)C[C@H]2O1.O=C(O)C(F)(F)F. The highest BCUT2D eigenvalue weighted by Gasteiger charge is 2.41. The van der Waals surface area contributed by atoms with E-state index in [1.165, 1.54) is 5.56 Å². The van der Waals surface area contributed by atoms with Crippen LogP contribution < -0.4 is 5.32 Å². The van der Waals surface area contributed by atoms with Crippen LogP contribution in [0.5, 0.6) is 0 Å². The molecule has 10 heteroatoms. The molecule has 7 nitrogen and oxygen atoms in total. The number of nitrogens with one attached hydrogen (secondary N) is 1. The number of carbonyl (C=O) groups is 2. The molecule has 1 aromatic rings. The molecule has 2 N–H and O–H groups in total. The molecule has 2 aliphatic heterocycles. The van der Waals surface area contributed by atoms with Gasteiger partial charge in [-0.25, -0.2) is 4.79 Å². The highest BCUT2D eigenvalue weighted by Crippen LogP contribution is 2.33. The average Bonchev–Trinajstić information content (AvgIpc) is 3.12. The Morgan fingerprint density at radius 1 is 1.30 bits per heavy atom. The average molecular weight is 432 g/mol. The number of methoxy groups -OCH3 is 1. The molecule has 0 aliphatic carbocycles. The van der Waals surface area contributed by atoms with Crippen LogP contribution in [-0.4, -0.2) is 73.6 Å². The molecule has 3 atom stereocenters. The number of carbonyl (C=O) groups excluding carboxylic acids is 1. The van der Waals surface area contributed by atoms with E-state index in [4.69, 9.17) is 19.4 Å². The first kappa shape index (κ1) is 24.1. The minimum atomic E-state index is -5.08. The van der Waals surface area contributed by atoms with Gasteiger partial charge in [0.05, 0.1) is 12.7 Å². The number of amides is 1. The number of piperidine rings is 1.